The first-order chi connectivity index (χ1) is 9.98. The maximum atomic E-state index is 12.0. The molecule has 0 amide bonds. The van der Waals surface area contributed by atoms with Crippen molar-refractivity contribution in [1.82, 2.24) is 0 Å². The number of hydrogen-bond donors (Lipinski definition) is 0. The zero-order valence-electron chi connectivity index (χ0n) is 12.2. The van der Waals surface area contributed by atoms with Crippen LogP contribution in [0.25, 0.3) is 0 Å². The van der Waals surface area contributed by atoms with Crippen molar-refractivity contribution in [2.45, 2.75) is 12.5 Å². The van der Waals surface area contributed by atoms with Gasteiger partial charge in [0.25, 0.3) is 0 Å². The Morgan fingerprint density at radius 1 is 1.14 bits per heavy atom. The van der Waals surface area contributed by atoms with E-state index in [0.29, 0.717) is 24.6 Å². The molecule has 0 radical (unpaired) electrons. The quantitative estimate of drug-likeness (QED) is 0.221. The average molecular weight is 536 g/mol. The zero-order chi connectivity index (χ0) is 15.9. The molecule has 0 aliphatic heterocycles. The van der Waals surface area contributed by atoms with E-state index in [-0.39, 0.29) is 5.97 Å². The molecule has 1 rings (SSSR count). The molecule has 0 aliphatic rings. The lowest BCUT2D eigenvalue weighted by atomic mass is 10.2. The Morgan fingerprint density at radius 2 is 1.76 bits per heavy atom. The highest BCUT2D eigenvalue weighted by atomic mass is 127. The van der Waals surface area contributed by atoms with Gasteiger partial charge in [-0.15, -0.1) is 0 Å². The van der Waals surface area contributed by atoms with E-state index in [1.165, 1.54) is 0 Å². The number of carbonyl (C=O) groups is 1. The van der Waals surface area contributed by atoms with E-state index in [9.17, 15) is 4.79 Å². The summed E-state index contributed by atoms with van der Waals surface area (Å²) in [5.41, 5.74) is 0.594. The molecule has 1 aromatic carbocycles. The van der Waals surface area contributed by atoms with Gasteiger partial charge in [-0.05, 0) is 69.8 Å². The van der Waals surface area contributed by atoms with Gasteiger partial charge in [0.1, 0.15) is 0 Å². The van der Waals surface area contributed by atoms with Gasteiger partial charge in [-0.3, -0.25) is 0 Å². The number of esters is 1. The molecule has 0 heterocycles. The maximum Gasteiger partial charge on any atom is 0.500 e. The summed E-state index contributed by atoms with van der Waals surface area (Å²) in [6.45, 7) is 0.311. The third kappa shape index (κ3) is 5.75. The Morgan fingerprint density at radius 3 is 2.33 bits per heavy atom. The van der Waals surface area contributed by atoms with Crippen molar-refractivity contribution in [3.05, 3.63) is 30.9 Å². The third-order valence-electron chi connectivity index (χ3n) is 2.94. The molecule has 8 heteroatoms. The van der Waals surface area contributed by atoms with Crippen molar-refractivity contribution < 1.29 is 22.8 Å². The van der Waals surface area contributed by atoms with Crippen molar-refractivity contribution in [2.24, 2.45) is 0 Å². The van der Waals surface area contributed by atoms with Crippen molar-refractivity contribution in [3.63, 3.8) is 0 Å². The Kier molecular flexibility index (Phi) is 8.64. The largest absolute Gasteiger partial charge is 0.500 e. The van der Waals surface area contributed by atoms with Crippen LogP contribution in [-0.2, 0) is 18.0 Å². The first-order valence-electron chi connectivity index (χ1n) is 6.25. The molecular weight excluding hydrogens is 518 g/mol. The molecule has 1 aromatic rings. The van der Waals surface area contributed by atoms with Gasteiger partial charge in [-0.2, -0.15) is 0 Å². The van der Waals surface area contributed by atoms with Gasteiger partial charge in [0.2, 0.25) is 0 Å². The van der Waals surface area contributed by atoms with Crippen LogP contribution in [-0.4, -0.2) is 42.7 Å². The lowest BCUT2D eigenvalue weighted by molar-refractivity contribution is 0.0492. The number of ether oxygens (including phenoxy) is 1. The lowest BCUT2D eigenvalue weighted by Crippen LogP contribution is -2.42. The molecule has 0 fully saturated rings. The first kappa shape index (κ1) is 19.3. The minimum Gasteiger partial charge on any atom is -0.462 e. The van der Waals surface area contributed by atoms with Crippen molar-refractivity contribution in [1.29, 1.82) is 0 Å². The molecule has 0 aromatic heterocycles. The summed E-state index contributed by atoms with van der Waals surface area (Å²) in [5, 5.41) is 0. The summed E-state index contributed by atoms with van der Waals surface area (Å²) in [6.07, 6.45) is 0.633. The van der Waals surface area contributed by atoms with Gasteiger partial charge < -0.3 is 18.0 Å². The summed E-state index contributed by atoms with van der Waals surface area (Å²) < 4.78 is 23.1. The Hall–Kier alpha value is 0.247. The number of rotatable bonds is 8. The summed E-state index contributed by atoms with van der Waals surface area (Å²) in [7, 11) is 2.12. The molecule has 0 saturated heterocycles. The minimum atomic E-state index is -2.58. The zero-order valence-corrected chi connectivity index (χ0v) is 17.5. The van der Waals surface area contributed by atoms with Crippen molar-refractivity contribution in [3.8, 4) is 0 Å². The molecule has 0 unspecified atom stereocenters. The van der Waals surface area contributed by atoms with E-state index in [1.807, 2.05) is 18.2 Å². The second kappa shape index (κ2) is 9.40. The summed E-state index contributed by atoms with van der Waals surface area (Å²) in [5.74, 6) is -0.308. The van der Waals surface area contributed by atoms with Crippen LogP contribution in [0.15, 0.2) is 18.2 Å². The SMILES string of the molecule is CO[Si](CCCOC(=O)c1cc(I)ccc1I)(OC)OC. The lowest BCUT2D eigenvalue weighted by Gasteiger charge is -2.24. The second-order valence-electron chi connectivity index (χ2n) is 4.16. The Labute approximate surface area is 153 Å². The smallest absolute Gasteiger partial charge is 0.462 e. The van der Waals surface area contributed by atoms with Crippen LogP contribution < -0.4 is 0 Å². The van der Waals surface area contributed by atoms with Gasteiger partial charge in [0, 0.05) is 34.5 Å². The number of benzene rings is 1. The predicted molar refractivity (Wildman–Crippen MR) is 98.4 cm³/mol. The molecule has 0 N–H and O–H groups in total. The van der Waals surface area contributed by atoms with Gasteiger partial charge in [0.05, 0.1) is 12.2 Å². The molecule has 0 aliphatic carbocycles. The van der Waals surface area contributed by atoms with Gasteiger partial charge in [-0.25, -0.2) is 4.79 Å². The first-order valence-corrected chi connectivity index (χ1v) is 10.3. The van der Waals surface area contributed by atoms with Crippen LogP contribution in [0.5, 0.6) is 0 Å². The average Bonchev–Trinajstić information content (AvgIpc) is 2.50. The summed E-state index contributed by atoms with van der Waals surface area (Å²) in [4.78, 5) is 12.0. The molecule has 0 spiro atoms. The van der Waals surface area contributed by atoms with Crippen LogP contribution in [0.3, 0.4) is 0 Å². The Bertz CT molecular complexity index is 471. The van der Waals surface area contributed by atoms with E-state index in [0.717, 1.165) is 7.14 Å². The van der Waals surface area contributed by atoms with Crippen LogP contribution >= 0.6 is 45.2 Å². The number of carbonyl (C=O) groups excluding carboxylic acids is 1. The topological polar surface area (TPSA) is 54.0 Å². The third-order valence-corrected chi connectivity index (χ3v) is 7.39. The normalized spacial score (nSPS) is 11.5. The standard InChI is InChI=1S/C13H18I2O5Si/c1-17-21(18-2,19-3)8-4-7-20-13(16)11-9-10(14)5-6-12(11)15/h5-6,9H,4,7-8H2,1-3H3. The highest BCUT2D eigenvalue weighted by Crippen LogP contribution is 2.18. The highest BCUT2D eigenvalue weighted by molar-refractivity contribution is 14.1. The van der Waals surface area contributed by atoms with Crippen molar-refractivity contribution >= 4 is 60.0 Å². The second-order valence-corrected chi connectivity index (χ2v) is 9.66. The molecular formula is C13H18I2O5Si. The van der Waals surface area contributed by atoms with E-state index >= 15 is 0 Å². The van der Waals surface area contributed by atoms with Gasteiger partial charge in [0.15, 0.2) is 0 Å². The van der Waals surface area contributed by atoms with E-state index in [1.54, 1.807) is 21.3 Å². The molecule has 0 atom stereocenters. The fourth-order valence-corrected chi connectivity index (χ4v) is 4.48. The molecule has 21 heavy (non-hydrogen) atoms. The number of halogens is 2. The number of hydrogen-bond acceptors (Lipinski definition) is 5. The summed E-state index contributed by atoms with van der Waals surface area (Å²) >= 11 is 4.30. The van der Waals surface area contributed by atoms with E-state index in [2.05, 4.69) is 45.2 Å². The Balaban J connectivity index is 2.49. The summed E-state index contributed by atoms with van der Waals surface area (Å²) in [6, 6.07) is 6.28. The van der Waals surface area contributed by atoms with Gasteiger partial charge >= 0.3 is 14.8 Å². The van der Waals surface area contributed by atoms with E-state index < -0.39 is 8.80 Å². The van der Waals surface area contributed by atoms with Crippen LogP contribution in [0.4, 0.5) is 0 Å². The monoisotopic (exact) mass is 536 g/mol. The molecule has 0 bridgehead atoms. The minimum absolute atomic E-state index is 0.308. The fraction of sp³-hybridized carbons (Fsp3) is 0.462. The van der Waals surface area contributed by atoms with Crippen LogP contribution in [0, 0.1) is 7.14 Å². The highest BCUT2D eigenvalue weighted by Gasteiger charge is 2.37. The van der Waals surface area contributed by atoms with Crippen LogP contribution in [0.2, 0.25) is 6.04 Å². The maximum absolute atomic E-state index is 12.0. The predicted octanol–water partition coefficient (Wildman–Crippen LogP) is 3.32. The molecule has 5 nitrogen and oxygen atoms in total. The van der Waals surface area contributed by atoms with Gasteiger partial charge in [-0.1, -0.05) is 0 Å². The van der Waals surface area contributed by atoms with E-state index in [4.69, 9.17) is 18.0 Å². The van der Waals surface area contributed by atoms with Crippen LogP contribution in [0.1, 0.15) is 16.8 Å². The molecule has 118 valence electrons. The molecule has 0 saturated carbocycles. The van der Waals surface area contributed by atoms with Crippen molar-refractivity contribution in [2.75, 3.05) is 27.9 Å². The fourth-order valence-electron chi connectivity index (χ4n) is 1.74.